The zero-order valence-corrected chi connectivity index (χ0v) is 17.4. The molecule has 1 heterocycles. The van der Waals surface area contributed by atoms with E-state index in [9.17, 15) is 9.59 Å². The number of para-hydroxylation sites is 4. The maximum absolute atomic E-state index is 12.8. The third-order valence-corrected chi connectivity index (χ3v) is 4.88. The van der Waals surface area contributed by atoms with Crippen LogP contribution in [0.5, 0.6) is 17.2 Å². The zero-order chi connectivity index (χ0) is 21.8. The minimum Gasteiger partial charge on any atom is -0.494 e. The molecule has 0 saturated heterocycles. The van der Waals surface area contributed by atoms with Crippen LogP contribution in [0.25, 0.3) is 11.0 Å². The maximum Gasteiger partial charge on any atom is 0.329 e. The van der Waals surface area contributed by atoms with Gasteiger partial charge in [-0.25, -0.2) is 4.79 Å². The highest BCUT2D eigenvalue weighted by Crippen LogP contribution is 2.30. The van der Waals surface area contributed by atoms with Gasteiger partial charge in [-0.1, -0.05) is 24.3 Å². The lowest BCUT2D eigenvalue weighted by Gasteiger charge is -2.13. The standard InChI is InChI=1S/C24H23N3O4/c1-3-30-17-12-14-18(15-13-17)31-22-11-7-4-8-19(22)25-23(28)16-27-21-10-6-5-9-20(21)26(2)24(27)29/h4-15H,3,16H2,1-2H3,(H,25,28). The Labute approximate surface area is 179 Å². The van der Waals surface area contributed by atoms with Gasteiger partial charge in [-0.05, 0) is 55.5 Å². The van der Waals surface area contributed by atoms with Gasteiger partial charge >= 0.3 is 5.69 Å². The number of hydrogen-bond acceptors (Lipinski definition) is 4. The fourth-order valence-corrected chi connectivity index (χ4v) is 3.41. The van der Waals surface area contributed by atoms with Crippen LogP contribution in [0.4, 0.5) is 5.69 Å². The average Bonchev–Trinajstić information content (AvgIpc) is 3.02. The Bertz CT molecular complexity index is 1270. The van der Waals surface area contributed by atoms with Gasteiger partial charge in [-0.2, -0.15) is 0 Å². The van der Waals surface area contributed by atoms with E-state index >= 15 is 0 Å². The monoisotopic (exact) mass is 417 g/mol. The van der Waals surface area contributed by atoms with E-state index in [1.807, 2.05) is 55.5 Å². The molecule has 7 nitrogen and oxygen atoms in total. The lowest BCUT2D eigenvalue weighted by molar-refractivity contribution is -0.116. The average molecular weight is 417 g/mol. The van der Waals surface area contributed by atoms with E-state index < -0.39 is 0 Å². The molecule has 1 aromatic heterocycles. The van der Waals surface area contributed by atoms with Crippen LogP contribution in [0.3, 0.4) is 0 Å². The van der Waals surface area contributed by atoms with Crippen molar-refractivity contribution in [2.24, 2.45) is 7.05 Å². The van der Waals surface area contributed by atoms with Crippen molar-refractivity contribution in [1.82, 2.24) is 9.13 Å². The summed E-state index contributed by atoms with van der Waals surface area (Å²) in [5.41, 5.74) is 1.77. The molecule has 158 valence electrons. The van der Waals surface area contributed by atoms with Crippen molar-refractivity contribution >= 4 is 22.6 Å². The van der Waals surface area contributed by atoms with Gasteiger partial charge in [0.05, 0.1) is 23.3 Å². The Morgan fingerprint density at radius 2 is 1.55 bits per heavy atom. The second-order valence-corrected chi connectivity index (χ2v) is 6.97. The van der Waals surface area contributed by atoms with Crippen LogP contribution in [-0.2, 0) is 18.4 Å². The van der Waals surface area contributed by atoms with E-state index in [4.69, 9.17) is 9.47 Å². The number of aromatic nitrogens is 2. The summed E-state index contributed by atoms with van der Waals surface area (Å²) in [6.07, 6.45) is 0. The molecule has 0 atom stereocenters. The van der Waals surface area contributed by atoms with Crippen LogP contribution in [0.1, 0.15) is 6.92 Å². The number of aryl methyl sites for hydroxylation is 1. The van der Waals surface area contributed by atoms with Crippen LogP contribution in [0, 0.1) is 0 Å². The maximum atomic E-state index is 12.8. The fourth-order valence-electron chi connectivity index (χ4n) is 3.41. The number of ether oxygens (including phenoxy) is 2. The molecule has 0 fully saturated rings. The molecule has 1 N–H and O–H groups in total. The molecule has 0 saturated carbocycles. The van der Waals surface area contributed by atoms with Gasteiger partial charge < -0.3 is 14.8 Å². The molecular formula is C24H23N3O4. The minimum absolute atomic E-state index is 0.0996. The van der Waals surface area contributed by atoms with Gasteiger partial charge in [0.2, 0.25) is 5.91 Å². The van der Waals surface area contributed by atoms with Crippen molar-refractivity contribution in [3.8, 4) is 17.2 Å². The number of carbonyl (C=O) groups excluding carboxylic acids is 1. The van der Waals surface area contributed by atoms with Crippen molar-refractivity contribution in [2.45, 2.75) is 13.5 Å². The first-order valence-electron chi connectivity index (χ1n) is 10.0. The minimum atomic E-state index is -0.318. The van der Waals surface area contributed by atoms with Gasteiger partial charge in [0.15, 0.2) is 5.75 Å². The highest BCUT2D eigenvalue weighted by molar-refractivity contribution is 5.93. The highest BCUT2D eigenvalue weighted by atomic mass is 16.5. The van der Waals surface area contributed by atoms with E-state index in [0.717, 1.165) is 11.3 Å². The largest absolute Gasteiger partial charge is 0.494 e. The summed E-state index contributed by atoms with van der Waals surface area (Å²) in [5, 5.41) is 2.85. The molecule has 4 rings (SSSR count). The molecule has 0 spiro atoms. The SMILES string of the molecule is CCOc1ccc(Oc2ccccc2NC(=O)Cn2c(=O)n(C)c3ccccc32)cc1. The number of benzene rings is 3. The molecule has 0 bridgehead atoms. The number of amides is 1. The topological polar surface area (TPSA) is 74.5 Å². The van der Waals surface area contributed by atoms with Crippen molar-refractivity contribution < 1.29 is 14.3 Å². The Hall–Kier alpha value is -4.00. The normalized spacial score (nSPS) is 10.8. The molecule has 0 radical (unpaired) electrons. The number of nitrogens with zero attached hydrogens (tertiary/aromatic N) is 2. The smallest absolute Gasteiger partial charge is 0.329 e. The van der Waals surface area contributed by atoms with E-state index in [2.05, 4.69) is 5.32 Å². The van der Waals surface area contributed by atoms with E-state index in [1.54, 1.807) is 31.3 Å². The molecule has 31 heavy (non-hydrogen) atoms. The summed E-state index contributed by atoms with van der Waals surface area (Å²) in [5.74, 6) is 1.57. The first kappa shape index (κ1) is 20.3. The molecule has 0 aliphatic carbocycles. The third-order valence-electron chi connectivity index (χ3n) is 4.88. The zero-order valence-electron chi connectivity index (χ0n) is 17.4. The molecule has 0 aliphatic rings. The van der Waals surface area contributed by atoms with Gasteiger partial charge in [0, 0.05) is 7.05 Å². The van der Waals surface area contributed by atoms with Crippen molar-refractivity contribution in [3.63, 3.8) is 0 Å². The second kappa shape index (κ2) is 8.79. The predicted molar refractivity (Wildman–Crippen MR) is 120 cm³/mol. The van der Waals surface area contributed by atoms with Crippen molar-refractivity contribution in [3.05, 3.63) is 83.3 Å². The number of imidazole rings is 1. The molecule has 0 unspecified atom stereocenters. The highest BCUT2D eigenvalue weighted by Gasteiger charge is 2.15. The summed E-state index contributed by atoms with van der Waals surface area (Å²) >= 11 is 0. The summed E-state index contributed by atoms with van der Waals surface area (Å²) in [4.78, 5) is 25.3. The van der Waals surface area contributed by atoms with Crippen LogP contribution in [0.2, 0.25) is 0 Å². The van der Waals surface area contributed by atoms with Crippen LogP contribution < -0.4 is 20.5 Å². The molecule has 4 aromatic rings. The van der Waals surface area contributed by atoms with E-state index in [0.29, 0.717) is 29.3 Å². The van der Waals surface area contributed by atoms with E-state index in [-0.39, 0.29) is 18.1 Å². The van der Waals surface area contributed by atoms with Crippen molar-refractivity contribution in [1.29, 1.82) is 0 Å². The first-order valence-corrected chi connectivity index (χ1v) is 10.0. The summed E-state index contributed by atoms with van der Waals surface area (Å²) in [6.45, 7) is 2.42. The Balaban J connectivity index is 1.52. The van der Waals surface area contributed by atoms with E-state index in [1.165, 1.54) is 9.13 Å². The number of fused-ring (bicyclic) bond motifs is 1. The molecular weight excluding hydrogens is 394 g/mol. The van der Waals surface area contributed by atoms with Crippen LogP contribution >= 0.6 is 0 Å². The fraction of sp³-hybridized carbons (Fsp3) is 0.167. The summed E-state index contributed by atoms with van der Waals surface area (Å²) in [6, 6.07) is 21.8. The summed E-state index contributed by atoms with van der Waals surface area (Å²) < 4.78 is 14.4. The number of rotatable bonds is 7. The van der Waals surface area contributed by atoms with Crippen LogP contribution in [0.15, 0.2) is 77.6 Å². The number of anilines is 1. The third kappa shape index (κ3) is 4.30. The molecule has 3 aromatic carbocycles. The first-order chi connectivity index (χ1) is 15.1. The lowest BCUT2D eigenvalue weighted by Crippen LogP contribution is -2.28. The van der Waals surface area contributed by atoms with Gasteiger partial charge in [-0.3, -0.25) is 13.9 Å². The number of nitrogens with one attached hydrogen (secondary N) is 1. The van der Waals surface area contributed by atoms with Gasteiger partial charge in [-0.15, -0.1) is 0 Å². The van der Waals surface area contributed by atoms with Gasteiger partial charge in [0.1, 0.15) is 18.0 Å². The lowest BCUT2D eigenvalue weighted by atomic mass is 10.2. The molecule has 1 amide bonds. The predicted octanol–water partition coefficient (Wildman–Crippen LogP) is 4.17. The van der Waals surface area contributed by atoms with Crippen molar-refractivity contribution in [2.75, 3.05) is 11.9 Å². The Morgan fingerprint density at radius 1 is 0.903 bits per heavy atom. The molecule has 0 aliphatic heterocycles. The Kier molecular flexibility index (Phi) is 5.75. The second-order valence-electron chi connectivity index (χ2n) is 6.97. The van der Waals surface area contributed by atoms with Crippen LogP contribution in [-0.4, -0.2) is 21.6 Å². The quantitative estimate of drug-likeness (QED) is 0.490. The summed E-state index contributed by atoms with van der Waals surface area (Å²) in [7, 11) is 1.69. The molecule has 7 heteroatoms. The number of carbonyl (C=O) groups is 1. The number of hydrogen-bond donors (Lipinski definition) is 1. The van der Waals surface area contributed by atoms with Gasteiger partial charge in [0.25, 0.3) is 0 Å². The Morgan fingerprint density at radius 3 is 2.29 bits per heavy atom.